The first-order chi connectivity index (χ1) is 12.1. The Hall–Kier alpha value is -2.63. The molecule has 0 saturated carbocycles. The first-order valence-corrected chi connectivity index (χ1v) is 8.70. The summed E-state index contributed by atoms with van der Waals surface area (Å²) in [5.41, 5.74) is 3.19. The van der Waals surface area contributed by atoms with Crippen molar-refractivity contribution in [2.45, 2.75) is 39.4 Å². The molecule has 6 heteroatoms. The molecule has 0 radical (unpaired) electrons. The molecule has 1 N–H and O–H groups in total. The van der Waals surface area contributed by atoms with E-state index in [0.29, 0.717) is 18.9 Å². The molecule has 1 aliphatic heterocycles. The van der Waals surface area contributed by atoms with Gasteiger partial charge in [-0.2, -0.15) is 0 Å². The number of nitrogens with zero attached hydrogens (tertiary/aromatic N) is 4. The van der Waals surface area contributed by atoms with Crippen LogP contribution >= 0.6 is 0 Å². The summed E-state index contributed by atoms with van der Waals surface area (Å²) in [6, 6.07) is 10.2. The molecule has 0 saturated heterocycles. The Labute approximate surface area is 148 Å². The minimum Gasteiger partial charge on any atom is -0.372 e. The van der Waals surface area contributed by atoms with Crippen molar-refractivity contribution < 1.29 is 4.79 Å². The van der Waals surface area contributed by atoms with Gasteiger partial charge in [-0.05, 0) is 31.0 Å². The Kier molecular flexibility index (Phi) is 5.16. The van der Waals surface area contributed by atoms with E-state index in [9.17, 15) is 4.79 Å². The molecule has 2 aromatic rings. The van der Waals surface area contributed by atoms with Crippen molar-refractivity contribution in [1.82, 2.24) is 20.2 Å². The minimum atomic E-state index is -0.0479. The van der Waals surface area contributed by atoms with Crippen LogP contribution in [0.4, 0.5) is 10.5 Å². The van der Waals surface area contributed by atoms with E-state index < -0.39 is 0 Å². The molecular weight excluding hydrogens is 314 g/mol. The molecule has 2 amide bonds. The molecule has 132 valence electrons. The van der Waals surface area contributed by atoms with Gasteiger partial charge in [0.15, 0.2) is 0 Å². The molecule has 1 atom stereocenters. The Balaban J connectivity index is 1.75. The zero-order valence-corrected chi connectivity index (χ0v) is 15.1. The summed E-state index contributed by atoms with van der Waals surface area (Å²) in [5, 5.41) is 3.01. The number of aryl methyl sites for hydroxylation is 1. The number of likely N-dealkylation sites (N-methyl/N-ethyl adjacent to an activating group) is 1. The summed E-state index contributed by atoms with van der Waals surface area (Å²) < 4.78 is 0. The predicted octanol–water partition coefficient (Wildman–Crippen LogP) is 2.73. The molecule has 0 unspecified atom stereocenters. The van der Waals surface area contributed by atoms with Gasteiger partial charge in [0.1, 0.15) is 5.82 Å². The number of hydrogen-bond acceptors (Lipinski definition) is 4. The molecule has 1 aromatic carbocycles. The topological polar surface area (TPSA) is 61.4 Å². The van der Waals surface area contributed by atoms with Gasteiger partial charge in [0.25, 0.3) is 0 Å². The fraction of sp³-hybridized carbons (Fsp3) is 0.421. The molecule has 1 aromatic heterocycles. The van der Waals surface area contributed by atoms with Crippen LogP contribution in [0.15, 0.2) is 36.5 Å². The Morgan fingerprint density at radius 1 is 1.32 bits per heavy atom. The van der Waals surface area contributed by atoms with E-state index >= 15 is 0 Å². The van der Waals surface area contributed by atoms with E-state index in [-0.39, 0.29) is 12.1 Å². The van der Waals surface area contributed by atoms with Gasteiger partial charge in [-0.25, -0.2) is 14.8 Å². The lowest BCUT2D eigenvalue weighted by Gasteiger charge is -2.30. The van der Waals surface area contributed by atoms with Crippen LogP contribution in [0, 0.1) is 6.92 Å². The van der Waals surface area contributed by atoms with Gasteiger partial charge in [-0.1, -0.05) is 25.1 Å². The Bertz CT molecular complexity index is 748. The van der Waals surface area contributed by atoms with Crippen molar-refractivity contribution in [3.05, 3.63) is 53.6 Å². The first kappa shape index (κ1) is 17.2. The van der Waals surface area contributed by atoms with Crippen molar-refractivity contribution in [3.8, 4) is 0 Å². The summed E-state index contributed by atoms with van der Waals surface area (Å²) in [4.78, 5) is 25.5. The second kappa shape index (κ2) is 7.51. The maximum atomic E-state index is 12.8. The van der Waals surface area contributed by atoms with E-state index in [4.69, 9.17) is 0 Å². The number of aromatic nitrogens is 2. The van der Waals surface area contributed by atoms with E-state index in [2.05, 4.69) is 46.3 Å². The smallest absolute Gasteiger partial charge is 0.318 e. The third-order valence-electron chi connectivity index (χ3n) is 4.66. The number of carbonyl (C=O) groups is 1. The van der Waals surface area contributed by atoms with Gasteiger partial charge in [-0.3, -0.25) is 0 Å². The van der Waals surface area contributed by atoms with Crippen LogP contribution < -0.4 is 10.2 Å². The fourth-order valence-electron chi connectivity index (χ4n) is 3.30. The summed E-state index contributed by atoms with van der Waals surface area (Å²) in [7, 11) is 2.09. The van der Waals surface area contributed by atoms with E-state index in [1.165, 1.54) is 11.3 Å². The number of amides is 2. The van der Waals surface area contributed by atoms with E-state index in [0.717, 1.165) is 18.7 Å². The highest BCUT2D eigenvalue weighted by Gasteiger charge is 2.28. The van der Waals surface area contributed by atoms with Crippen molar-refractivity contribution >= 4 is 11.7 Å². The summed E-state index contributed by atoms with van der Waals surface area (Å²) in [6.45, 7) is 5.83. The predicted molar refractivity (Wildman–Crippen MR) is 98.3 cm³/mol. The lowest BCUT2D eigenvalue weighted by atomic mass is 10.1. The third-order valence-corrected chi connectivity index (χ3v) is 4.66. The molecule has 3 rings (SSSR count). The van der Waals surface area contributed by atoms with Crippen LogP contribution in [0.3, 0.4) is 0 Å². The van der Waals surface area contributed by atoms with E-state index in [1.807, 2.05) is 30.0 Å². The average Bonchev–Trinajstić information content (AvgIpc) is 2.76. The largest absolute Gasteiger partial charge is 0.372 e. The van der Waals surface area contributed by atoms with Crippen molar-refractivity contribution in [3.63, 3.8) is 0 Å². The second-order valence-electron chi connectivity index (χ2n) is 6.45. The molecule has 0 bridgehead atoms. The maximum Gasteiger partial charge on any atom is 0.318 e. The quantitative estimate of drug-likeness (QED) is 0.934. The number of nitrogens with one attached hydrogen (secondary N) is 1. The highest BCUT2D eigenvalue weighted by Crippen LogP contribution is 2.27. The number of para-hydroxylation sites is 1. The monoisotopic (exact) mass is 339 g/mol. The van der Waals surface area contributed by atoms with Crippen LogP contribution in [0.25, 0.3) is 0 Å². The van der Waals surface area contributed by atoms with Crippen molar-refractivity contribution in [2.75, 3.05) is 18.5 Å². The summed E-state index contributed by atoms with van der Waals surface area (Å²) in [6.07, 6.45) is 2.63. The number of urea groups is 1. The normalized spacial score (nSPS) is 17.0. The highest BCUT2D eigenvalue weighted by molar-refractivity contribution is 5.75. The van der Waals surface area contributed by atoms with Crippen LogP contribution in [0.1, 0.15) is 30.4 Å². The van der Waals surface area contributed by atoms with Gasteiger partial charge in [0.2, 0.25) is 0 Å². The van der Waals surface area contributed by atoms with E-state index in [1.54, 1.807) is 6.20 Å². The minimum absolute atomic E-state index is 0.0479. The molecule has 6 nitrogen and oxygen atoms in total. The SMILES string of the molecule is CC[C@@H]1CN(C)c2ccccc2CN1C(=O)NCc1ccnc(C)n1. The Morgan fingerprint density at radius 2 is 2.12 bits per heavy atom. The van der Waals surface area contributed by atoms with Gasteiger partial charge in [0, 0.05) is 32.0 Å². The first-order valence-electron chi connectivity index (χ1n) is 8.70. The number of rotatable bonds is 3. The number of carbonyl (C=O) groups excluding carboxylic acids is 1. The molecule has 25 heavy (non-hydrogen) atoms. The van der Waals surface area contributed by atoms with Crippen molar-refractivity contribution in [2.24, 2.45) is 0 Å². The molecule has 1 aliphatic rings. The highest BCUT2D eigenvalue weighted by atomic mass is 16.2. The maximum absolute atomic E-state index is 12.8. The average molecular weight is 339 g/mol. The van der Waals surface area contributed by atoms with Gasteiger partial charge >= 0.3 is 6.03 Å². The molecule has 2 heterocycles. The number of anilines is 1. The zero-order valence-electron chi connectivity index (χ0n) is 15.1. The molecular formula is C19H25N5O. The molecule has 0 fully saturated rings. The lowest BCUT2D eigenvalue weighted by Crippen LogP contribution is -2.47. The van der Waals surface area contributed by atoms with Crippen LogP contribution in [-0.2, 0) is 13.1 Å². The summed E-state index contributed by atoms with van der Waals surface area (Å²) >= 11 is 0. The van der Waals surface area contributed by atoms with Gasteiger partial charge < -0.3 is 15.1 Å². The van der Waals surface area contributed by atoms with Crippen LogP contribution in [0.5, 0.6) is 0 Å². The standard InChI is InChI=1S/C19H25N5O/c1-4-17-13-23(3)18-8-6-5-7-15(18)12-24(17)19(25)21-11-16-9-10-20-14(2)22-16/h5-10,17H,4,11-13H2,1-3H3,(H,21,25)/t17-/m1/s1. The number of fused-ring (bicyclic) bond motifs is 1. The van der Waals surface area contributed by atoms with Crippen molar-refractivity contribution in [1.29, 1.82) is 0 Å². The molecule has 0 aliphatic carbocycles. The van der Waals surface area contributed by atoms with Gasteiger partial charge in [-0.15, -0.1) is 0 Å². The second-order valence-corrected chi connectivity index (χ2v) is 6.45. The summed E-state index contributed by atoms with van der Waals surface area (Å²) in [5.74, 6) is 0.712. The van der Waals surface area contributed by atoms with Gasteiger partial charge in [0.05, 0.1) is 18.3 Å². The van der Waals surface area contributed by atoms with Crippen LogP contribution in [-0.4, -0.2) is 40.5 Å². The number of hydrogen-bond donors (Lipinski definition) is 1. The lowest BCUT2D eigenvalue weighted by molar-refractivity contribution is 0.171. The zero-order chi connectivity index (χ0) is 17.8. The number of benzene rings is 1. The molecule has 0 spiro atoms. The Morgan fingerprint density at radius 3 is 2.88 bits per heavy atom. The fourth-order valence-corrected chi connectivity index (χ4v) is 3.30. The van der Waals surface area contributed by atoms with Crippen LogP contribution in [0.2, 0.25) is 0 Å². The third kappa shape index (κ3) is 3.90.